The maximum absolute atomic E-state index is 12.0. The zero-order valence-corrected chi connectivity index (χ0v) is 10.3. The summed E-state index contributed by atoms with van der Waals surface area (Å²) in [5.41, 5.74) is 2.75. The maximum Gasteiger partial charge on any atom is 0.119 e. The molecule has 0 aromatic heterocycles. The van der Waals surface area contributed by atoms with Crippen molar-refractivity contribution in [2.24, 2.45) is 0 Å². The van der Waals surface area contributed by atoms with Crippen molar-refractivity contribution in [1.82, 2.24) is 5.32 Å². The molecule has 1 unspecified atom stereocenters. The lowest BCUT2D eigenvalue weighted by Crippen LogP contribution is -2.21. The van der Waals surface area contributed by atoms with Crippen LogP contribution in [0, 0.1) is 0 Å². The Bertz CT molecular complexity index is 367. The fourth-order valence-corrected chi connectivity index (χ4v) is 2.42. The van der Waals surface area contributed by atoms with Gasteiger partial charge >= 0.3 is 0 Å². The fraction of sp³-hybridized carbons (Fsp3) is 0.571. The van der Waals surface area contributed by atoms with Crippen LogP contribution < -0.4 is 10.1 Å². The number of alkyl halides is 1. The molecular weight excluding hydrogens is 217 g/mol. The third-order valence-electron chi connectivity index (χ3n) is 3.32. The van der Waals surface area contributed by atoms with Crippen LogP contribution in [0.5, 0.6) is 5.75 Å². The molecule has 0 radical (unpaired) electrons. The van der Waals surface area contributed by atoms with Gasteiger partial charge in [-0.25, -0.2) is 0 Å². The molecule has 1 N–H and O–H groups in total. The minimum absolute atomic E-state index is 0.313. The number of aryl methyl sites for hydroxylation is 1. The van der Waals surface area contributed by atoms with Crippen LogP contribution in [-0.4, -0.2) is 20.3 Å². The van der Waals surface area contributed by atoms with Gasteiger partial charge in [0.25, 0.3) is 0 Å². The van der Waals surface area contributed by atoms with Gasteiger partial charge in [-0.2, -0.15) is 0 Å². The van der Waals surface area contributed by atoms with Crippen molar-refractivity contribution in [2.45, 2.75) is 31.7 Å². The van der Waals surface area contributed by atoms with Crippen molar-refractivity contribution in [3.8, 4) is 5.75 Å². The van der Waals surface area contributed by atoms with Gasteiger partial charge in [0.05, 0.1) is 13.3 Å². The number of rotatable bonds is 5. The molecular formula is C14H20FNO. The highest BCUT2D eigenvalue weighted by Gasteiger charge is 2.18. The monoisotopic (exact) mass is 237 g/mol. The highest BCUT2D eigenvalue weighted by atomic mass is 19.1. The summed E-state index contributed by atoms with van der Waals surface area (Å²) >= 11 is 0. The first kappa shape index (κ1) is 12.4. The summed E-state index contributed by atoms with van der Waals surface area (Å²) in [7, 11) is 2.01. The fourth-order valence-electron chi connectivity index (χ4n) is 2.42. The number of halogens is 1. The Morgan fingerprint density at radius 2 is 2.35 bits per heavy atom. The zero-order chi connectivity index (χ0) is 12.1. The van der Waals surface area contributed by atoms with E-state index in [4.69, 9.17) is 4.74 Å². The average Bonchev–Trinajstić information content (AvgIpc) is 2.38. The van der Waals surface area contributed by atoms with Crippen LogP contribution in [0.1, 0.15) is 36.4 Å². The number of ether oxygens (including phenoxy) is 1. The van der Waals surface area contributed by atoms with Gasteiger partial charge in [-0.15, -0.1) is 0 Å². The van der Waals surface area contributed by atoms with Crippen molar-refractivity contribution in [2.75, 3.05) is 20.3 Å². The van der Waals surface area contributed by atoms with Crippen molar-refractivity contribution in [3.63, 3.8) is 0 Å². The summed E-state index contributed by atoms with van der Waals surface area (Å²) in [5.74, 6) is 0.869. The molecule has 0 bridgehead atoms. The second-order valence-corrected chi connectivity index (χ2v) is 4.49. The van der Waals surface area contributed by atoms with Gasteiger partial charge in [-0.3, -0.25) is 4.39 Å². The normalized spacial score (nSPS) is 18.8. The minimum atomic E-state index is -0.313. The van der Waals surface area contributed by atoms with Crippen LogP contribution in [0.15, 0.2) is 18.2 Å². The average molecular weight is 237 g/mol. The topological polar surface area (TPSA) is 21.3 Å². The van der Waals surface area contributed by atoms with Gasteiger partial charge in [0, 0.05) is 12.5 Å². The third kappa shape index (κ3) is 2.97. The molecule has 17 heavy (non-hydrogen) atoms. The van der Waals surface area contributed by atoms with E-state index in [1.807, 2.05) is 13.1 Å². The lowest BCUT2D eigenvalue weighted by molar-refractivity contribution is 0.289. The SMILES string of the molecule is CNC1CCCc2cc(OCCCF)ccc21. The van der Waals surface area contributed by atoms with Crippen molar-refractivity contribution >= 4 is 0 Å². The highest BCUT2D eigenvalue weighted by Crippen LogP contribution is 2.31. The van der Waals surface area contributed by atoms with E-state index in [1.165, 1.54) is 24.0 Å². The molecule has 2 rings (SSSR count). The summed E-state index contributed by atoms with van der Waals surface area (Å²) in [5, 5.41) is 3.34. The van der Waals surface area contributed by atoms with E-state index in [9.17, 15) is 4.39 Å². The van der Waals surface area contributed by atoms with Crippen LogP contribution in [-0.2, 0) is 6.42 Å². The molecule has 2 nitrogen and oxygen atoms in total. The number of hydrogen-bond acceptors (Lipinski definition) is 2. The Kier molecular flexibility index (Phi) is 4.37. The molecule has 1 aliphatic rings. The lowest BCUT2D eigenvalue weighted by atomic mass is 9.87. The van der Waals surface area contributed by atoms with Crippen LogP contribution in [0.2, 0.25) is 0 Å². The largest absolute Gasteiger partial charge is 0.493 e. The first-order chi connectivity index (χ1) is 8.35. The molecule has 1 atom stereocenters. The molecule has 0 heterocycles. The first-order valence-corrected chi connectivity index (χ1v) is 6.34. The third-order valence-corrected chi connectivity index (χ3v) is 3.32. The van der Waals surface area contributed by atoms with Crippen LogP contribution in [0.25, 0.3) is 0 Å². The van der Waals surface area contributed by atoms with E-state index in [0.29, 0.717) is 19.1 Å². The Labute approximate surface area is 102 Å². The molecule has 0 fully saturated rings. The predicted molar refractivity (Wildman–Crippen MR) is 67.3 cm³/mol. The second kappa shape index (κ2) is 6.01. The van der Waals surface area contributed by atoms with Crippen molar-refractivity contribution < 1.29 is 9.13 Å². The van der Waals surface area contributed by atoms with E-state index in [0.717, 1.165) is 12.2 Å². The van der Waals surface area contributed by atoms with E-state index in [2.05, 4.69) is 17.4 Å². The Balaban J connectivity index is 2.08. The number of nitrogens with one attached hydrogen (secondary N) is 1. The van der Waals surface area contributed by atoms with Crippen LogP contribution in [0.4, 0.5) is 4.39 Å². The quantitative estimate of drug-likeness (QED) is 0.795. The minimum Gasteiger partial charge on any atom is -0.493 e. The van der Waals surface area contributed by atoms with Gasteiger partial charge in [0.15, 0.2) is 0 Å². The summed E-state index contributed by atoms with van der Waals surface area (Å²) in [6, 6.07) is 6.71. The van der Waals surface area contributed by atoms with Gasteiger partial charge in [0.2, 0.25) is 0 Å². The van der Waals surface area contributed by atoms with E-state index >= 15 is 0 Å². The lowest BCUT2D eigenvalue weighted by Gasteiger charge is -2.25. The number of hydrogen-bond donors (Lipinski definition) is 1. The smallest absolute Gasteiger partial charge is 0.119 e. The second-order valence-electron chi connectivity index (χ2n) is 4.49. The van der Waals surface area contributed by atoms with Gasteiger partial charge in [-0.05, 0) is 49.6 Å². The highest BCUT2D eigenvalue weighted by molar-refractivity contribution is 5.39. The van der Waals surface area contributed by atoms with Crippen LogP contribution >= 0.6 is 0 Å². The molecule has 0 saturated carbocycles. The molecule has 0 spiro atoms. The molecule has 1 aliphatic carbocycles. The Hall–Kier alpha value is -1.09. The zero-order valence-electron chi connectivity index (χ0n) is 10.3. The van der Waals surface area contributed by atoms with E-state index in [-0.39, 0.29) is 6.67 Å². The molecule has 0 saturated heterocycles. The summed E-state index contributed by atoms with van der Waals surface area (Å²) in [6.07, 6.45) is 4.00. The maximum atomic E-state index is 12.0. The van der Waals surface area contributed by atoms with Gasteiger partial charge < -0.3 is 10.1 Å². The standard InChI is InChI=1S/C14H20FNO/c1-16-14-5-2-4-11-10-12(6-7-13(11)14)17-9-3-8-15/h6-7,10,14,16H,2-5,8-9H2,1H3. The van der Waals surface area contributed by atoms with E-state index in [1.54, 1.807) is 0 Å². The number of benzene rings is 1. The Morgan fingerprint density at radius 1 is 1.47 bits per heavy atom. The van der Waals surface area contributed by atoms with Gasteiger partial charge in [0.1, 0.15) is 5.75 Å². The predicted octanol–water partition coefficient (Wildman–Crippen LogP) is 3.02. The molecule has 1 aromatic carbocycles. The van der Waals surface area contributed by atoms with Gasteiger partial charge in [-0.1, -0.05) is 6.07 Å². The molecule has 94 valence electrons. The van der Waals surface area contributed by atoms with Crippen molar-refractivity contribution in [3.05, 3.63) is 29.3 Å². The first-order valence-electron chi connectivity index (χ1n) is 6.34. The van der Waals surface area contributed by atoms with Crippen molar-refractivity contribution in [1.29, 1.82) is 0 Å². The molecule has 3 heteroatoms. The molecule has 1 aromatic rings. The molecule has 0 amide bonds. The molecule has 0 aliphatic heterocycles. The summed E-state index contributed by atoms with van der Waals surface area (Å²) < 4.78 is 17.5. The Morgan fingerprint density at radius 3 is 3.12 bits per heavy atom. The number of fused-ring (bicyclic) bond motifs is 1. The van der Waals surface area contributed by atoms with Crippen LogP contribution in [0.3, 0.4) is 0 Å². The summed E-state index contributed by atoms with van der Waals surface area (Å²) in [4.78, 5) is 0. The van der Waals surface area contributed by atoms with E-state index < -0.39 is 0 Å². The summed E-state index contributed by atoms with van der Waals surface area (Å²) in [6.45, 7) is 0.150.